The lowest BCUT2D eigenvalue weighted by molar-refractivity contribution is -0.131. The summed E-state index contributed by atoms with van der Waals surface area (Å²) >= 11 is 0. The minimum Gasteiger partial charge on any atom is -0.492 e. The maximum Gasteiger partial charge on any atom is 0.325 e. The molecule has 23 heavy (non-hydrogen) atoms. The van der Waals surface area contributed by atoms with E-state index in [9.17, 15) is 9.59 Å². The molecule has 6 nitrogen and oxygen atoms in total. The Morgan fingerprint density at radius 2 is 1.96 bits per heavy atom. The zero-order valence-electron chi connectivity index (χ0n) is 13.0. The van der Waals surface area contributed by atoms with E-state index < -0.39 is 11.6 Å². The highest BCUT2D eigenvalue weighted by Gasteiger charge is 2.50. The maximum absolute atomic E-state index is 12.6. The van der Waals surface area contributed by atoms with Gasteiger partial charge in [0.2, 0.25) is 0 Å². The fraction of sp³-hybridized carbons (Fsp3) is 0.294. The van der Waals surface area contributed by atoms with Gasteiger partial charge in [0.15, 0.2) is 5.54 Å². The Hall–Kier alpha value is -2.76. The molecule has 2 aromatic rings. The van der Waals surface area contributed by atoms with E-state index in [1.165, 1.54) is 6.26 Å². The van der Waals surface area contributed by atoms with E-state index in [0.717, 1.165) is 10.5 Å². The molecule has 0 saturated carbocycles. The van der Waals surface area contributed by atoms with Gasteiger partial charge in [-0.15, -0.1) is 0 Å². The normalized spacial score (nSPS) is 20.7. The van der Waals surface area contributed by atoms with Gasteiger partial charge in [0.1, 0.15) is 18.1 Å². The monoisotopic (exact) mass is 314 g/mol. The highest BCUT2D eigenvalue weighted by molar-refractivity contribution is 6.06. The van der Waals surface area contributed by atoms with E-state index in [0.29, 0.717) is 11.5 Å². The number of hydrogen-bond acceptors (Lipinski definition) is 4. The third-order valence-electron chi connectivity index (χ3n) is 3.89. The van der Waals surface area contributed by atoms with Gasteiger partial charge >= 0.3 is 6.03 Å². The molecule has 1 atom stereocenters. The molecule has 0 aliphatic carbocycles. The van der Waals surface area contributed by atoms with Gasteiger partial charge in [0.05, 0.1) is 12.8 Å². The maximum atomic E-state index is 12.6. The standard InChI is InChI=1S/C17H18N2O4/c1-12-5-7-13(8-6-12)22-11-9-19-15(20)17(2,18-16(19)21)14-4-3-10-23-14/h3-8,10H,9,11H2,1-2H3,(H,18,21). The number of carbonyl (C=O) groups is 2. The zero-order chi connectivity index (χ0) is 16.4. The van der Waals surface area contributed by atoms with Crippen LogP contribution in [-0.2, 0) is 10.3 Å². The van der Waals surface area contributed by atoms with E-state index in [2.05, 4.69) is 5.32 Å². The summed E-state index contributed by atoms with van der Waals surface area (Å²) in [5.41, 5.74) is -0.0228. The van der Waals surface area contributed by atoms with Crippen LogP contribution in [0.2, 0.25) is 0 Å². The van der Waals surface area contributed by atoms with E-state index in [1.807, 2.05) is 31.2 Å². The van der Waals surface area contributed by atoms with Crippen molar-refractivity contribution >= 4 is 11.9 Å². The third kappa shape index (κ3) is 2.79. The molecule has 6 heteroatoms. The van der Waals surface area contributed by atoms with Crippen molar-refractivity contribution in [3.63, 3.8) is 0 Å². The highest BCUT2D eigenvalue weighted by atomic mass is 16.5. The molecule has 1 unspecified atom stereocenters. The molecule has 3 rings (SSSR count). The Bertz CT molecular complexity index is 709. The van der Waals surface area contributed by atoms with Crippen LogP contribution in [0.15, 0.2) is 47.1 Å². The van der Waals surface area contributed by atoms with Crippen LogP contribution in [0.4, 0.5) is 4.79 Å². The summed E-state index contributed by atoms with van der Waals surface area (Å²) in [6.45, 7) is 4.03. The summed E-state index contributed by atoms with van der Waals surface area (Å²) in [6, 6.07) is 10.5. The molecule has 0 radical (unpaired) electrons. The molecule has 1 saturated heterocycles. The number of urea groups is 1. The molecule has 1 fully saturated rings. The quantitative estimate of drug-likeness (QED) is 0.860. The molecule has 2 heterocycles. The summed E-state index contributed by atoms with van der Waals surface area (Å²) in [5, 5.41) is 2.68. The second-order valence-electron chi connectivity index (χ2n) is 5.65. The predicted molar refractivity (Wildman–Crippen MR) is 83.0 cm³/mol. The van der Waals surface area contributed by atoms with Crippen LogP contribution in [-0.4, -0.2) is 30.0 Å². The lowest BCUT2D eigenvalue weighted by atomic mass is 9.99. The summed E-state index contributed by atoms with van der Waals surface area (Å²) in [6.07, 6.45) is 1.48. The first kappa shape index (κ1) is 15.1. The van der Waals surface area contributed by atoms with Crippen molar-refractivity contribution in [2.24, 2.45) is 0 Å². The number of aryl methyl sites for hydroxylation is 1. The summed E-state index contributed by atoms with van der Waals surface area (Å²) in [4.78, 5) is 25.8. The number of ether oxygens (including phenoxy) is 1. The van der Waals surface area contributed by atoms with Crippen LogP contribution >= 0.6 is 0 Å². The predicted octanol–water partition coefficient (Wildman–Crippen LogP) is 2.43. The summed E-state index contributed by atoms with van der Waals surface area (Å²) in [7, 11) is 0. The molecular formula is C17H18N2O4. The topological polar surface area (TPSA) is 71.8 Å². The number of benzene rings is 1. The van der Waals surface area contributed by atoms with Crippen molar-refractivity contribution in [1.29, 1.82) is 0 Å². The molecule has 1 aromatic carbocycles. The van der Waals surface area contributed by atoms with Gasteiger partial charge in [-0.3, -0.25) is 9.69 Å². The summed E-state index contributed by atoms with van der Waals surface area (Å²) in [5.74, 6) is 0.777. The van der Waals surface area contributed by atoms with Gasteiger partial charge in [-0.25, -0.2) is 4.79 Å². The molecule has 0 bridgehead atoms. The van der Waals surface area contributed by atoms with E-state index in [-0.39, 0.29) is 19.1 Å². The van der Waals surface area contributed by atoms with Crippen LogP contribution in [0.5, 0.6) is 5.75 Å². The average Bonchev–Trinajstić information content (AvgIpc) is 3.13. The van der Waals surface area contributed by atoms with Gasteiger partial charge in [-0.1, -0.05) is 17.7 Å². The van der Waals surface area contributed by atoms with Crippen molar-refractivity contribution in [2.75, 3.05) is 13.2 Å². The highest BCUT2D eigenvalue weighted by Crippen LogP contribution is 2.28. The zero-order valence-corrected chi connectivity index (χ0v) is 13.0. The molecule has 1 aliphatic heterocycles. The first-order valence-corrected chi connectivity index (χ1v) is 7.38. The largest absolute Gasteiger partial charge is 0.492 e. The van der Waals surface area contributed by atoms with Crippen LogP contribution in [0.1, 0.15) is 18.2 Å². The number of imide groups is 1. The van der Waals surface area contributed by atoms with Gasteiger partial charge in [-0.2, -0.15) is 0 Å². The molecule has 0 spiro atoms. The van der Waals surface area contributed by atoms with E-state index in [1.54, 1.807) is 19.1 Å². The van der Waals surface area contributed by atoms with Gasteiger partial charge in [0.25, 0.3) is 5.91 Å². The minimum atomic E-state index is -1.16. The number of furan rings is 1. The fourth-order valence-corrected chi connectivity index (χ4v) is 2.52. The minimum absolute atomic E-state index is 0.175. The Morgan fingerprint density at radius 3 is 2.61 bits per heavy atom. The number of hydrogen-bond donors (Lipinski definition) is 1. The second-order valence-corrected chi connectivity index (χ2v) is 5.65. The van der Waals surface area contributed by atoms with E-state index in [4.69, 9.17) is 9.15 Å². The Labute approximate surface area is 134 Å². The van der Waals surface area contributed by atoms with Gasteiger partial charge in [0, 0.05) is 0 Å². The molecule has 3 amide bonds. The van der Waals surface area contributed by atoms with Crippen LogP contribution in [0.3, 0.4) is 0 Å². The van der Waals surface area contributed by atoms with Gasteiger partial charge < -0.3 is 14.5 Å². The van der Waals surface area contributed by atoms with Crippen molar-refractivity contribution in [1.82, 2.24) is 10.2 Å². The second kappa shape index (κ2) is 5.79. The average molecular weight is 314 g/mol. The Morgan fingerprint density at radius 1 is 1.22 bits per heavy atom. The lowest BCUT2D eigenvalue weighted by Gasteiger charge is -2.19. The molecule has 1 aromatic heterocycles. The van der Waals surface area contributed by atoms with Crippen molar-refractivity contribution < 1.29 is 18.7 Å². The van der Waals surface area contributed by atoms with Crippen molar-refractivity contribution in [2.45, 2.75) is 19.4 Å². The third-order valence-corrected chi connectivity index (χ3v) is 3.89. The molecule has 120 valence electrons. The number of rotatable bonds is 5. The number of nitrogens with one attached hydrogen (secondary N) is 1. The van der Waals surface area contributed by atoms with Crippen LogP contribution < -0.4 is 10.1 Å². The first-order chi connectivity index (χ1) is 11.0. The van der Waals surface area contributed by atoms with E-state index >= 15 is 0 Å². The Balaban J connectivity index is 1.63. The van der Waals surface area contributed by atoms with Crippen LogP contribution in [0.25, 0.3) is 0 Å². The van der Waals surface area contributed by atoms with Crippen molar-refractivity contribution in [3.05, 3.63) is 54.0 Å². The number of amides is 3. The van der Waals surface area contributed by atoms with Crippen molar-refractivity contribution in [3.8, 4) is 5.75 Å². The number of nitrogens with zero attached hydrogens (tertiary/aromatic N) is 1. The van der Waals surface area contributed by atoms with Crippen LogP contribution in [0, 0.1) is 6.92 Å². The Kier molecular flexibility index (Phi) is 3.82. The summed E-state index contributed by atoms with van der Waals surface area (Å²) < 4.78 is 10.9. The molecule has 1 aliphatic rings. The fourth-order valence-electron chi connectivity index (χ4n) is 2.52. The molecule has 1 N–H and O–H groups in total. The van der Waals surface area contributed by atoms with Gasteiger partial charge in [-0.05, 0) is 38.1 Å². The lowest BCUT2D eigenvalue weighted by Crippen LogP contribution is -2.41. The molecular weight excluding hydrogens is 296 g/mol. The first-order valence-electron chi connectivity index (χ1n) is 7.38. The number of carbonyl (C=O) groups excluding carboxylic acids is 2. The SMILES string of the molecule is Cc1ccc(OCCN2C(=O)NC(C)(c3ccco3)C2=O)cc1. The smallest absolute Gasteiger partial charge is 0.325 e.